The summed E-state index contributed by atoms with van der Waals surface area (Å²) in [5.41, 5.74) is 0.495. The Balaban J connectivity index is 1.77. The Morgan fingerprint density at radius 2 is 1.65 bits per heavy atom. The van der Waals surface area contributed by atoms with E-state index in [0.29, 0.717) is 11.3 Å². The zero-order chi connectivity index (χ0) is 25.2. The van der Waals surface area contributed by atoms with E-state index in [0.717, 1.165) is 0 Å². The van der Waals surface area contributed by atoms with Crippen molar-refractivity contribution >= 4 is 5.97 Å². The lowest BCUT2D eigenvalue weighted by molar-refractivity contribution is -0.307. The second-order valence-corrected chi connectivity index (χ2v) is 8.03. The van der Waals surface area contributed by atoms with E-state index in [1.807, 2.05) is 0 Å². The molecule has 2 aliphatic heterocycles. The van der Waals surface area contributed by atoms with Gasteiger partial charge < -0.3 is 59.1 Å². The number of esters is 1. The Bertz CT molecular complexity index is 848. The van der Waals surface area contributed by atoms with Crippen LogP contribution in [0.1, 0.15) is 15.9 Å². The third kappa shape index (κ3) is 5.43. The van der Waals surface area contributed by atoms with E-state index < -0.39 is 67.9 Å². The van der Waals surface area contributed by atoms with E-state index in [-0.39, 0.29) is 17.9 Å². The molecule has 0 aliphatic carbocycles. The maximum absolute atomic E-state index is 12.3. The van der Waals surface area contributed by atoms with Gasteiger partial charge in [0, 0.05) is 6.07 Å². The summed E-state index contributed by atoms with van der Waals surface area (Å²) in [7, 11) is 2.60. The molecule has 0 radical (unpaired) electrons. The van der Waals surface area contributed by atoms with Gasteiger partial charge in [-0.25, -0.2) is 4.79 Å². The number of hydrogen-bond acceptors (Lipinski definition) is 13. The standard InChI is InChI=1S/C21H30O13/c1-8-4-9(29-2)5-11(13(8)19(28)30-3)33-21-18(27)16(25)15(24)12(34-21)7-32-20-17(26)14(23)10(22)6-31-20/h4-5,10,12,14-18,20-27H,6-7H2,1-3H3/t10-,12-,14+,15-,16+,17-,18-,20+,21-/m1/s1. The third-order valence-corrected chi connectivity index (χ3v) is 5.69. The largest absolute Gasteiger partial charge is 0.497 e. The van der Waals surface area contributed by atoms with Gasteiger partial charge >= 0.3 is 5.97 Å². The second kappa shape index (κ2) is 11.1. The highest BCUT2D eigenvalue weighted by molar-refractivity contribution is 5.94. The molecule has 192 valence electrons. The van der Waals surface area contributed by atoms with Crippen molar-refractivity contribution in [1.29, 1.82) is 0 Å². The van der Waals surface area contributed by atoms with Crippen molar-refractivity contribution in [3.8, 4) is 11.5 Å². The van der Waals surface area contributed by atoms with Crippen LogP contribution in [0.2, 0.25) is 0 Å². The molecular formula is C21H30O13. The summed E-state index contributed by atoms with van der Waals surface area (Å²) < 4.78 is 31.8. The Kier molecular flexibility index (Phi) is 8.67. The van der Waals surface area contributed by atoms with E-state index in [4.69, 9.17) is 28.4 Å². The van der Waals surface area contributed by atoms with Gasteiger partial charge in [0.25, 0.3) is 0 Å². The van der Waals surface area contributed by atoms with Gasteiger partial charge in [0.05, 0.1) is 27.4 Å². The molecule has 0 amide bonds. The minimum absolute atomic E-state index is 0.0405. The lowest BCUT2D eigenvalue weighted by Gasteiger charge is -2.41. The Hall–Kier alpha value is -2.07. The molecule has 2 fully saturated rings. The summed E-state index contributed by atoms with van der Waals surface area (Å²) in [4.78, 5) is 12.3. The van der Waals surface area contributed by atoms with Gasteiger partial charge in [-0.1, -0.05) is 0 Å². The number of carbonyl (C=O) groups excluding carboxylic acids is 1. The first kappa shape index (κ1) is 26.5. The van der Waals surface area contributed by atoms with Crippen LogP contribution in [0.3, 0.4) is 0 Å². The average Bonchev–Trinajstić information content (AvgIpc) is 2.82. The van der Waals surface area contributed by atoms with Gasteiger partial charge in [0.15, 0.2) is 6.29 Å². The first-order valence-corrected chi connectivity index (χ1v) is 10.5. The zero-order valence-electron chi connectivity index (χ0n) is 18.8. The maximum Gasteiger partial charge on any atom is 0.341 e. The molecule has 3 rings (SSSR count). The monoisotopic (exact) mass is 490 g/mol. The fourth-order valence-corrected chi connectivity index (χ4v) is 3.69. The lowest BCUT2D eigenvalue weighted by atomic mass is 9.99. The Morgan fingerprint density at radius 3 is 2.29 bits per heavy atom. The van der Waals surface area contributed by atoms with Crippen molar-refractivity contribution in [3.05, 3.63) is 23.3 Å². The molecule has 1 aromatic carbocycles. The first-order valence-electron chi connectivity index (χ1n) is 10.5. The molecule has 34 heavy (non-hydrogen) atoms. The summed E-state index contributed by atoms with van der Waals surface area (Å²) in [5.74, 6) is -0.431. The minimum Gasteiger partial charge on any atom is -0.497 e. The summed E-state index contributed by atoms with van der Waals surface area (Å²) >= 11 is 0. The molecule has 6 N–H and O–H groups in total. The summed E-state index contributed by atoms with van der Waals surface area (Å²) in [6, 6.07) is 2.95. The molecule has 0 saturated carbocycles. The maximum atomic E-state index is 12.3. The number of ether oxygens (including phenoxy) is 6. The lowest BCUT2D eigenvalue weighted by Crippen LogP contribution is -2.61. The number of aliphatic hydroxyl groups excluding tert-OH is 6. The quantitative estimate of drug-likeness (QED) is 0.219. The highest BCUT2D eigenvalue weighted by Gasteiger charge is 2.46. The molecule has 13 nitrogen and oxygen atoms in total. The molecule has 0 unspecified atom stereocenters. The normalized spacial score (nSPS) is 36.1. The average molecular weight is 490 g/mol. The van der Waals surface area contributed by atoms with Gasteiger partial charge in [-0.2, -0.15) is 0 Å². The van der Waals surface area contributed by atoms with E-state index in [1.165, 1.54) is 20.3 Å². The van der Waals surface area contributed by atoms with Crippen molar-refractivity contribution < 1.29 is 63.9 Å². The highest BCUT2D eigenvalue weighted by Crippen LogP contribution is 2.33. The Morgan fingerprint density at radius 1 is 0.971 bits per heavy atom. The minimum atomic E-state index is -1.72. The van der Waals surface area contributed by atoms with Crippen LogP contribution in [-0.4, -0.2) is 119 Å². The van der Waals surface area contributed by atoms with Crippen molar-refractivity contribution in [2.24, 2.45) is 0 Å². The second-order valence-electron chi connectivity index (χ2n) is 8.03. The van der Waals surface area contributed by atoms with E-state index in [1.54, 1.807) is 13.0 Å². The Labute approximate surface area is 195 Å². The van der Waals surface area contributed by atoms with Crippen LogP contribution in [0.4, 0.5) is 0 Å². The number of hydrogen-bond donors (Lipinski definition) is 6. The predicted molar refractivity (Wildman–Crippen MR) is 110 cm³/mol. The zero-order valence-corrected chi connectivity index (χ0v) is 18.8. The summed E-state index contributed by atoms with van der Waals surface area (Å²) in [5, 5.41) is 60.4. The molecule has 13 heteroatoms. The van der Waals surface area contributed by atoms with Crippen LogP contribution in [0.5, 0.6) is 11.5 Å². The van der Waals surface area contributed by atoms with Crippen LogP contribution in [0, 0.1) is 6.92 Å². The van der Waals surface area contributed by atoms with Crippen molar-refractivity contribution in [3.63, 3.8) is 0 Å². The number of benzene rings is 1. The van der Waals surface area contributed by atoms with Crippen LogP contribution < -0.4 is 9.47 Å². The van der Waals surface area contributed by atoms with Crippen molar-refractivity contribution in [1.82, 2.24) is 0 Å². The third-order valence-electron chi connectivity index (χ3n) is 5.69. The molecule has 2 saturated heterocycles. The van der Waals surface area contributed by atoms with Gasteiger partial charge in [-0.15, -0.1) is 0 Å². The van der Waals surface area contributed by atoms with Gasteiger partial charge in [0.1, 0.15) is 59.8 Å². The molecule has 9 atom stereocenters. The summed E-state index contributed by atoms with van der Waals surface area (Å²) in [6.45, 7) is 0.877. The van der Waals surface area contributed by atoms with Crippen LogP contribution in [-0.2, 0) is 18.9 Å². The molecule has 1 aromatic rings. The first-order chi connectivity index (χ1) is 16.1. The SMILES string of the molecule is COC(=O)c1c(C)cc(OC)cc1O[C@@H]1O[C@H](CO[C@@H]2OC[C@@H](O)[C@H](O)[C@H]2O)[C@@H](O)[C@H](O)[C@H]1O. The molecule has 2 heterocycles. The predicted octanol–water partition coefficient (Wildman–Crippen LogP) is -2.57. The topological polar surface area (TPSA) is 194 Å². The fraction of sp³-hybridized carbons (Fsp3) is 0.667. The summed E-state index contributed by atoms with van der Waals surface area (Å²) in [6.07, 6.45) is -13.6. The van der Waals surface area contributed by atoms with Gasteiger partial charge in [-0.3, -0.25) is 0 Å². The molecule has 0 spiro atoms. The van der Waals surface area contributed by atoms with E-state index in [2.05, 4.69) is 0 Å². The van der Waals surface area contributed by atoms with Crippen molar-refractivity contribution in [2.45, 2.75) is 62.2 Å². The molecular weight excluding hydrogens is 460 g/mol. The number of methoxy groups -OCH3 is 2. The van der Waals surface area contributed by atoms with Gasteiger partial charge in [-0.05, 0) is 18.6 Å². The number of rotatable bonds is 7. The number of carbonyl (C=O) groups is 1. The van der Waals surface area contributed by atoms with E-state index >= 15 is 0 Å². The highest BCUT2D eigenvalue weighted by atomic mass is 16.7. The molecule has 2 aliphatic rings. The number of aryl methyl sites for hydroxylation is 1. The van der Waals surface area contributed by atoms with Crippen LogP contribution in [0.15, 0.2) is 12.1 Å². The molecule has 0 bridgehead atoms. The molecule has 0 aromatic heterocycles. The fourth-order valence-electron chi connectivity index (χ4n) is 3.69. The van der Waals surface area contributed by atoms with Crippen LogP contribution in [0.25, 0.3) is 0 Å². The van der Waals surface area contributed by atoms with Gasteiger partial charge in [0.2, 0.25) is 6.29 Å². The smallest absolute Gasteiger partial charge is 0.341 e. The van der Waals surface area contributed by atoms with E-state index in [9.17, 15) is 35.4 Å². The van der Waals surface area contributed by atoms with Crippen LogP contribution >= 0.6 is 0 Å². The van der Waals surface area contributed by atoms with Crippen molar-refractivity contribution in [2.75, 3.05) is 27.4 Å². The number of aliphatic hydroxyl groups is 6.